The summed E-state index contributed by atoms with van der Waals surface area (Å²) in [6.07, 6.45) is 3.35. The number of thioether (sulfide) groups is 1. The lowest BCUT2D eigenvalue weighted by molar-refractivity contribution is -0.152. The average molecular weight is 369 g/mol. The van der Waals surface area contributed by atoms with Gasteiger partial charge in [-0.1, -0.05) is 18.0 Å². The lowest BCUT2D eigenvalue weighted by Gasteiger charge is -2.17. The van der Waals surface area contributed by atoms with E-state index in [9.17, 15) is 14.4 Å². The fourth-order valence-corrected chi connectivity index (χ4v) is 3.10. The number of anilines is 1. The van der Waals surface area contributed by atoms with Gasteiger partial charge in [-0.05, 0) is 26.7 Å². The Balaban J connectivity index is 1.60. The van der Waals surface area contributed by atoms with Gasteiger partial charge < -0.3 is 19.9 Å². The van der Waals surface area contributed by atoms with Gasteiger partial charge in [-0.3, -0.25) is 14.4 Å². The summed E-state index contributed by atoms with van der Waals surface area (Å²) in [6.45, 7) is 3.27. The molecular formula is C16H23N3O5S. The van der Waals surface area contributed by atoms with Crippen LogP contribution in [0.15, 0.2) is 10.6 Å². The molecule has 1 aliphatic rings. The molecular weight excluding hydrogens is 346 g/mol. The van der Waals surface area contributed by atoms with Crippen LogP contribution in [0.25, 0.3) is 0 Å². The van der Waals surface area contributed by atoms with Crippen molar-refractivity contribution < 1.29 is 23.6 Å². The predicted octanol–water partition coefficient (Wildman–Crippen LogP) is 1.65. The average Bonchev–Trinajstić information content (AvgIpc) is 3.19. The van der Waals surface area contributed by atoms with E-state index in [1.807, 2.05) is 0 Å². The van der Waals surface area contributed by atoms with Crippen molar-refractivity contribution in [1.82, 2.24) is 10.5 Å². The van der Waals surface area contributed by atoms with Crippen molar-refractivity contribution in [3.8, 4) is 0 Å². The van der Waals surface area contributed by atoms with Crippen LogP contribution in [0.3, 0.4) is 0 Å². The van der Waals surface area contributed by atoms with Gasteiger partial charge in [0.05, 0.1) is 11.5 Å². The number of rotatable bonds is 8. The van der Waals surface area contributed by atoms with Crippen LogP contribution in [0, 0.1) is 6.92 Å². The first-order valence-electron chi connectivity index (χ1n) is 8.25. The third-order valence-electron chi connectivity index (χ3n) is 3.73. The Labute approximate surface area is 150 Å². The Bertz CT molecular complexity index is 613. The number of aryl methyl sites for hydroxylation is 1. The van der Waals surface area contributed by atoms with Crippen molar-refractivity contribution in [3.05, 3.63) is 11.8 Å². The molecule has 25 heavy (non-hydrogen) atoms. The van der Waals surface area contributed by atoms with E-state index in [-0.39, 0.29) is 29.4 Å². The lowest BCUT2D eigenvalue weighted by atomic mass is 10.2. The van der Waals surface area contributed by atoms with E-state index in [1.54, 1.807) is 19.9 Å². The molecule has 1 aromatic rings. The Hall–Kier alpha value is -2.03. The summed E-state index contributed by atoms with van der Waals surface area (Å²) >= 11 is 1.11. The largest absolute Gasteiger partial charge is 0.452 e. The monoisotopic (exact) mass is 369 g/mol. The Morgan fingerprint density at radius 3 is 2.72 bits per heavy atom. The maximum Gasteiger partial charge on any atom is 0.316 e. The maximum atomic E-state index is 11.9. The number of hydrogen-bond acceptors (Lipinski definition) is 7. The van der Waals surface area contributed by atoms with Gasteiger partial charge in [0.25, 0.3) is 5.91 Å². The highest BCUT2D eigenvalue weighted by molar-refractivity contribution is 8.00. The summed E-state index contributed by atoms with van der Waals surface area (Å²) in [5.74, 6) is -0.0957. The summed E-state index contributed by atoms with van der Waals surface area (Å²) in [6, 6.07) is 1.79. The van der Waals surface area contributed by atoms with E-state index < -0.39 is 12.1 Å². The molecule has 0 bridgehead atoms. The van der Waals surface area contributed by atoms with Gasteiger partial charge in [0, 0.05) is 12.1 Å². The van der Waals surface area contributed by atoms with Crippen LogP contribution in [0.2, 0.25) is 0 Å². The van der Waals surface area contributed by atoms with Crippen LogP contribution < -0.4 is 10.6 Å². The molecule has 1 saturated carbocycles. The second-order valence-corrected chi connectivity index (χ2v) is 6.97. The molecule has 9 heteroatoms. The first-order chi connectivity index (χ1) is 11.9. The number of hydrogen-bond donors (Lipinski definition) is 2. The number of nitrogens with one attached hydrogen (secondary N) is 2. The number of nitrogens with zero attached hydrogens (tertiary/aromatic N) is 1. The normalized spacial score (nSPS) is 15.6. The van der Waals surface area contributed by atoms with Gasteiger partial charge >= 0.3 is 5.97 Å². The van der Waals surface area contributed by atoms with Gasteiger partial charge in [0.2, 0.25) is 5.91 Å². The molecule has 2 N–H and O–H groups in total. The standard InChI is InChI=1S/C16H23N3O5S/c1-10-7-13(19-24-10)18-14(20)8-25-9-15(21)23-11(2)16(22)17-12-5-3-4-6-12/h7,11-12H,3-6,8-9H2,1-2H3,(H,17,22)(H,18,19,20)/t11-/m0/s1. The fourth-order valence-electron chi connectivity index (χ4n) is 2.50. The van der Waals surface area contributed by atoms with Gasteiger partial charge in [0.15, 0.2) is 11.9 Å². The van der Waals surface area contributed by atoms with Gasteiger partial charge in [-0.15, -0.1) is 11.8 Å². The van der Waals surface area contributed by atoms with Crippen molar-refractivity contribution in [2.45, 2.75) is 51.7 Å². The zero-order chi connectivity index (χ0) is 18.2. The van der Waals surface area contributed by atoms with Crippen LogP contribution in [-0.2, 0) is 19.1 Å². The quantitative estimate of drug-likeness (QED) is 0.670. The van der Waals surface area contributed by atoms with Crippen LogP contribution in [0.5, 0.6) is 0 Å². The van der Waals surface area contributed by atoms with E-state index >= 15 is 0 Å². The summed E-state index contributed by atoms with van der Waals surface area (Å²) < 4.78 is 9.93. The molecule has 0 aromatic carbocycles. The minimum Gasteiger partial charge on any atom is -0.452 e. The molecule has 0 saturated heterocycles. The van der Waals surface area contributed by atoms with Gasteiger partial charge in [-0.25, -0.2) is 0 Å². The van der Waals surface area contributed by atoms with E-state index in [2.05, 4.69) is 15.8 Å². The summed E-state index contributed by atoms with van der Waals surface area (Å²) in [4.78, 5) is 35.4. The van der Waals surface area contributed by atoms with Crippen molar-refractivity contribution in [2.75, 3.05) is 16.8 Å². The second-order valence-electron chi connectivity index (χ2n) is 5.99. The molecule has 2 rings (SSSR count). The Kier molecular flexibility index (Phi) is 7.30. The van der Waals surface area contributed by atoms with E-state index in [0.717, 1.165) is 37.4 Å². The molecule has 0 aliphatic heterocycles. The van der Waals surface area contributed by atoms with Crippen molar-refractivity contribution >= 4 is 35.4 Å². The molecule has 138 valence electrons. The Morgan fingerprint density at radius 2 is 2.08 bits per heavy atom. The highest BCUT2D eigenvalue weighted by Crippen LogP contribution is 2.17. The minimum atomic E-state index is -0.833. The van der Waals surface area contributed by atoms with Crippen LogP contribution in [0.4, 0.5) is 5.82 Å². The predicted molar refractivity (Wildman–Crippen MR) is 93.1 cm³/mol. The molecule has 1 aliphatic carbocycles. The van der Waals surface area contributed by atoms with Gasteiger partial charge in [0.1, 0.15) is 5.76 Å². The summed E-state index contributed by atoms with van der Waals surface area (Å²) in [5, 5.41) is 9.09. The van der Waals surface area contributed by atoms with Gasteiger partial charge in [-0.2, -0.15) is 0 Å². The minimum absolute atomic E-state index is 0.00763. The molecule has 1 aromatic heterocycles. The SMILES string of the molecule is Cc1cc(NC(=O)CSCC(=O)O[C@@H](C)C(=O)NC2CCCC2)no1. The van der Waals surface area contributed by atoms with Crippen LogP contribution >= 0.6 is 11.8 Å². The molecule has 1 heterocycles. The first kappa shape index (κ1) is 19.3. The highest BCUT2D eigenvalue weighted by Gasteiger charge is 2.23. The second kappa shape index (κ2) is 9.45. The zero-order valence-electron chi connectivity index (χ0n) is 14.4. The van der Waals surface area contributed by atoms with Crippen molar-refractivity contribution in [2.24, 2.45) is 0 Å². The van der Waals surface area contributed by atoms with E-state index in [4.69, 9.17) is 9.26 Å². The van der Waals surface area contributed by atoms with Crippen LogP contribution in [0.1, 0.15) is 38.4 Å². The van der Waals surface area contributed by atoms with E-state index in [0.29, 0.717) is 11.6 Å². The maximum absolute atomic E-state index is 11.9. The third kappa shape index (κ3) is 6.77. The zero-order valence-corrected chi connectivity index (χ0v) is 15.2. The number of amides is 2. The molecule has 0 radical (unpaired) electrons. The topological polar surface area (TPSA) is 111 Å². The molecule has 1 fully saturated rings. The molecule has 1 atom stereocenters. The van der Waals surface area contributed by atoms with Crippen LogP contribution in [-0.4, -0.2) is 46.6 Å². The number of carbonyl (C=O) groups excluding carboxylic acids is 3. The molecule has 0 spiro atoms. The fraction of sp³-hybridized carbons (Fsp3) is 0.625. The molecule has 8 nitrogen and oxygen atoms in total. The molecule has 0 unspecified atom stereocenters. The number of ether oxygens (including phenoxy) is 1. The Morgan fingerprint density at radius 1 is 1.36 bits per heavy atom. The number of esters is 1. The summed E-state index contributed by atoms with van der Waals surface area (Å²) in [7, 11) is 0. The summed E-state index contributed by atoms with van der Waals surface area (Å²) in [5.41, 5.74) is 0. The van der Waals surface area contributed by atoms with Crippen molar-refractivity contribution in [3.63, 3.8) is 0 Å². The number of carbonyl (C=O) groups is 3. The molecule has 2 amide bonds. The third-order valence-corrected chi connectivity index (χ3v) is 4.63. The first-order valence-corrected chi connectivity index (χ1v) is 9.40. The highest BCUT2D eigenvalue weighted by atomic mass is 32.2. The van der Waals surface area contributed by atoms with E-state index in [1.165, 1.54) is 0 Å². The number of aromatic nitrogens is 1. The lowest BCUT2D eigenvalue weighted by Crippen LogP contribution is -2.41. The van der Waals surface area contributed by atoms with Crippen molar-refractivity contribution in [1.29, 1.82) is 0 Å². The smallest absolute Gasteiger partial charge is 0.316 e.